The maximum Gasteiger partial charge on any atom is 0.0898 e. The Labute approximate surface area is 121 Å². The molecule has 3 N–H and O–H groups in total. The van der Waals surface area contributed by atoms with Gasteiger partial charge in [0.25, 0.3) is 0 Å². The van der Waals surface area contributed by atoms with Crippen LogP contribution in [0.4, 0.5) is 0 Å². The van der Waals surface area contributed by atoms with Gasteiger partial charge in [-0.05, 0) is 25.8 Å². The van der Waals surface area contributed by atoms with E-state index in [1.165, 1.54) is 0 Å². The standard InChI is InChI=1S/C16H27NO3/c1-4-15(13-8-6-5-7-9-13)20-11-14(19)10-17-16(2,3)12-18/h5-9,14-15,17-19H,4,10-12H2,1-3H3/t14-,15-/m0/s1. The molecule has 0 aromatic heterocycles. The molecule has 4 heteroatoms. The third-order valence-electron chi connectivity index (χ3n) is 3.24. The summed E-state index contributed by atoms with van der Waals surface area (Å²) in [6, 6.07) is 10.0. The monoisotopic (exact) mass is 281 g/mol. The number of benzene rings is 1. The second-order valence-corrected chi connectivity index (χ2v) is 5.72. The molecule has 0 heterocycles. The lowest BCUT2D eigenvalue weighted by Crippen LogP contribution is -2.47. The second-order valence-electron chi connectivity index (χ2n) is 5.72. The predicted molar refractivity (Wildman–Crippen MR) is 80.6 cm³/mol. The van der Waals surface area contributed by atoms with Gasteiger partial charge in [-0.3, -0.25) is 0 Å². The zero-order valence-corrected chi connectivity index (χ0v) is 12.7. The van der Waals surface area contributed by atoms with Crippen LogP contribution in [0.3, 0.4) is 0 Å². The molecule has 0 fully saturated rings. The Balaban J connectivity index is 2.37. The van der Waals surface area contributed by atoms with E-state index in [4.69, 9.17) is 9.84 Å². The fourth-order valence-electron chi connectivity index (χ4n) is 1.85. The Kier molecular flexibility index (Phi) is 7.16. The molecular formula is C16H27NO3. The van der Waals surface area contributed by atoms with E-state index in [0.29, 0.717) is 6.54 Å². The number of nitrogens with one attached hydrogen (secondary N) is 1. The SMILES string of the molecule is CC[C@H](OC[C@@H](O)CNC(C)(C)CO)c1ccccc1. The fraction of sp³-hybridized carbons (Fsp3) is 0.625. The van der Waals surface area contributed by atoms with Crippen molar-refractivity contribution in [3.63, 3.8) is 0 Å². The van der Waals surface area contributed by atoms with E-state index in [1.54, 1.807) is 0 Å². The fourth-order valence-corrected chi connectivity index (χ4v) is 1.85. The summed E-state index contributed by atoms with van der Waals surface area (Å²) in [6.07, 6.45) is 0.294. The van der Waals surface area contributed by atoms with Crippen LogP contribution in [0.1, 0.15) is 38.9 Å². The topological polar surface area (TPSA) is 61.7 Å². The molecule has 0 spiro atoms. The lowest BCUT2D eigenvalue weighted by atomic mass is 10.1. The normalized spacial score (nSPS) is 15.1. The molecule has 0 aliphatic rings. The number of rotatable bonds is 9. The Hall–Kier alpha value is -0.940. The van der Waals surface area contributed by atoms with Gasteiger partial charge in [0.05, 0.1) is 25.4 Å². The molecule has 0 unspecified atom stereocenters. The minimum Gasteiger partial charge on any atom is -0.394 e. The molecule has 2 atom stereocenters. The zero-order chi connectivity index (χ0) is 15.0. The lowest BCUT2D eigenvalue weighted by Gasteiger charge is -2.26. The number of β-amino-alcohol motifs (C(OH)–C–C–N with tert-alkyl or cyclic N) is 1. The van der Waals surface area contributed by atoms with Crippen LogP contribution < -0.4 is 5.32 Å². The van der Waals surface area contributed by atoms with Gasteiger partial charge in [-0.2, -0.15) is 0 Å². The number of ether oxygens (including phenoxy) is 1. The summed E-state index contributed by atoms with van der Waals surface area (Å²) >= 11 is 0. The molecule has 0 bridgehead atoms. The summed E-state index contributed by atoms with van der Waals surface area (Å²) in [5, 5.41) is 22.2. The average Bonchev–Trinajstić information content (AvgIpc) is 2.47. The smallest absolute Gasteiger partial charge is 0.0898 e. The van der Waals surface area contributed by atoms with E-state index in [2.05, 4.69) is 12.2 Å². The number of hydrogen-bond acceptors (Lipinski definition) is 4. The summed E-state index contributed by atoms with van der Waals surface area (Å²) in [6.45, 7) is 6.55. The molecule has 0 aliphatic heterocycles. The van der Waals surface area contributed by atoms with Crippen molar-refractivity contribution in [1.82, 2.24) is 5.32 Å². The zero-order valence-electron chi connectivity index (χ0n) is 12.7. The van der Waals surface area contributed by atoms with Crippen LogP contribution in [-0.2, 0) is 4.74 Å². The Morgan fingerprint density at radius 2 is 1.90 bits per heavy atom. The van der Waals surface area contributed by atoms with Gasteiger partial charge in [0.15, 0.2) is 0 Å². The summed E-state index contributed by atoms with van der Waals surface area (Å²) in [4.78, 5) is 0. The van der Waals surface area contributed by atoms with Crippen LogP contribution in [0.5, 0.6) is 0 Å². The first-order valence-corrected chi connectivity index (χ1v) is 7.19. The first-order valence-electron chi connectivity index (χ1n) is 7.19. The molecule has 20 heavy (non-hydrogen) atoms. The van der Waals surface area contributed by atoms with Crippen molar-refractivity contribution < 1.29 is 14.9 Å². The van der Waals surface area contributed by atoms with Crippen LogP contribution in [0.25, 0.3) is 0 Å². The third-order valence-corrected chi connectivity index (χ3v) is 3.24. The van der Waals surface area contributed by atoms with E-state index in [9.17, 15) is 5.11 Å². The number of hydrogen-bond donors (Lipinski definition) is 3. The van der Waals surface area contributed by atoms with Gasteiger partial charge < -0.3 is 20.3 Å². The van der Waals surface area contributed by atoms with E-state index in [0.717, 1.165) is 12.0 Å². The van der Waals surface area contributed by atoms with Gasteiger partial charge in [0, 0.05) is 12.1 Å². The van der Waals surface area contributed by atoms with Crippen molar-refractivity contribution in [2.45, 2.75) is 44.9 Å². The van der Waals surface area contributed by atoms with Crippen molar-refractivity contribution in [1.29, 1.82) is 0 Å². The minimum absolute atomic E-state index is 0.0108. The molecule has 1 aromatic carbocycles. The van der Waals surface area contributed by atoms with E-state index in [-0.39, 0.29) is 24.9 Å². The summed E-state index contributed by atoms with van der Waals surface area (Å²) < 4.78 is 5.79. The van der Waals surface area contributed by atoms with Crippen molar-refractivity contribution in [2.75, 3.05) is 19.8 Å². The van der Waals surface area contributed by atoms with Crippen LogP contribution >= 0.6 is 0 Å². The van der Waals surface area contributed by atoms with Crippen LogP contribution in [0, 0.1) is 0 Å². The van der Waals surface area contributed by atoms with E-state index in [1.807, 2.05) is 44.2 Å². The summed E-state index contributed by atoms with van der Waals surface area (Å²) in [5.74, 6) is 0. The summed E-state index contributed by atoms with van der Waals surface area (Å²) in [7, 11) is 0. The maximum absolute atomic E-state index is 9.93. The van der Waals surface area contributed by atoms with Crippen LogP contribution in [0.2, 0.25) is 0 Å². The van der Waals surface area contributed by atoms with Crippen molar-refractivity contribution >= 4 is 0 Å². The molecule has 0 saturated carbocycles. The molecule has 0 saturated heterocycles. The molecule has 114 valence electrons. The molecule has 0 radical (unpaired) electrons. The van der Waals surface area contributed by atoms with Gasteiger partial charge in [-0.1, -0.05) is 37.3 Å². The molecule has 1 aromatic rings. The Morgan fingerprint density at radius 1 is 1.25 bits per heavy atom. The molecule has 0 aliphatic carbocycles. The molecule has 4 nitrogen and oxygen atoms in total. The van der Waals surface area contributed by atoms with Crippen molar-refractivity contribution in [3.8, 4) is 0 Å². The minimum atomic E-state index is -0.585. The van der Waals surface area contributed by atoms with Gasteiger partial charge in [0.1, 0.15) is 0 Å². The summed E-state index contributed by atoms with van der Waals surface area (Å²) in [5.41, 5.74) is 0.746. The molecule has 0 amide bonds. The highest BCUT2D eigenvalue weighted by atomic mass is 16.5. The number of aliphatic hydroxyl groups excluding tert-OH is 2. The Bertz CT molecular complexity index is 367. The van der Waals surface area contributed by atoms with Crippen LogP contribution in [-0.4, -0.2) is 41.6 Å². The van der Waals surface area contributed by atoms with Crippen molar-refractivity contribution in [3.05, 3.63) is 35.9 Å². The Morgan fingerprint density at radius 3 is 2.45 bits per heavy atom. The van der Waals surface area contributed by atoms with Crippen molar-refractivity contribution in [2.24, 2.45) is 0 Å². The first kappa shape index (κ1) is 17.1. The quantitative estimate of drug-likeness (QED) is 0.647. The lowest BCUT2D eigenvalue weighted by molar-refractivity contribution is -0.0142. The van der Waals surface area contributed by atoms with Gasteiger partial charge in [-0.15, -0.1) is 0 Å². The van der Waals surface area contributed by atoms with E-state index < -0.39 is 6.10 Å². The average molecular weight is 281 g/mol. The predicted octanol–water partition coefficient (Wildman–Crippen LogP) is 1.88. The highest BCUT2D eigenvalue weighted by Gasteiger charge is 2.18. The highest BCUT2D eigenvalue weighted by Crippen LogP contribution is 2.20. The van der Waals surface area contributed by atoms with Gasteiger partial charge in [0.2, 0.25) is 0 Å². The molecule has 1 rings (SSSR count). The van der Waals surface area contributed by atoms with Gasteiger partial charge >= 0.3 is 0 Å². The van der Waals surface area contributed by atoms with Gasteiger partial charge in [-0.25, -0.2) is 0 Å². The number of aliphatic hydroxyl groups is 2. The third kappa shape index (κ3) is 6.01. The van der Waals surface area contributed by atoms with Crippen LogP contribution in [0.15, 0.2) is 30.3 Å². The van der Waals surface area contributed by atoms with E-state index >= 15 is 0 Å². The second kappa shape index (κ2) is 8.37. The highest BCUT2D eigenvalue weighted by molar-refractivity contribution is 5.17. The maximum atomic E-state index is 9.93. The first-order chi connectivity index (χ1) is 9.48. The molecular weight excluding hydrogens is 254 g/mol. The largest absolute Gasteiger partial charge is 0.394 e.